The number of benzene rings is 1. The summed E-state index contributed by atoms with van der Waals surface area (Å²) in [5, 5.41) is 9.37. The fraction of sp³-hybridized carbons (Fsp3) is 0.500. The topological polar surface area (TPSA) is 77.9 Å². The Morgan fingerprint density at radius 3 is 2.36 bits per heavy atom. The third-order valence-corrected chi connectivity index (χ3v) is 6.24. The van der Waals surface area contributed by atoms with Gasteiger partial charge in [-0.15, -0.1) is 0 Å². The van der Waals surface area contributed by atoms with Gasteiger partial charge in [0, 0.05) is 26.2 Å². The number of piperazine rings is 1. The molecule has 1 aromatic carbocycles. The zero-order valence-corrected chi connectivity index (χ0v) is 13.8. The lowest BCUT2D eigenvalue weighted by Crippen LogP contribution is -2.53. The average molecular weight is 347 g/mol. The van der Waals surface area contributed by atoms with E-state index >= 15 is 0 Å². The van der Waals surface area contributed by atoms with Crippen molar-refractivity contribution < 1.29 is 18.3 Å². The Morgan fingerprint density at radius 2 is 1.86 bits per heavy atom. The number of carboxylic acids is 1. The summed E-state index contributed by atoms with van der Waals surface area (Å²) in [6, 6.07) is 5.77. The van der Waals surface area contributed by atoms with Crippen LogP contribution in [0, 0.1) is 0 Å². The molecule has 122 valence electrons. The zero-order valence-electron chi connectivity index (χ0n) is 12.3. The van der Waals surface area contributed by atoms with E-state index in [1.165, 1.54) is 10.4 Å². The van der Waals surface area contributed by atoms with Gasteiger partial charge in [-0.2, -0.15) is 4.31 Å². The van der Waals surface area contributed by atoms with Crippen molar-refractivity contribution in [3.05, 3.63) is 29.3 Å². The number of nitrogens with zero attached hydrogens (tertiary/aromatic N) is 2. The van der Waals surface area contributed by atoms with Gasteiger partial charge in [0.1, 0.15) is 10.9 Å². The van der Waals surface area contributed by atoms with Crippen LogP contribution in [0.3, 0.4) is 0 Å². The number of sulfonamides is 1. The molecular formula is C14H19ClN2O4S. The summed E-state index contributed by atoms with van der Waals surface area (Å²) in [5.74, 6) is -0.870. The molecule has 22 heavy (non-hydrogen) atoms. The predicted molar refractivity (Wildman–Crippen MR) is 83.5 cm³/mol. The summed E-state index contributed by atoms with van der Waals surface area (Å²) in [6.07, 6.45) is 0.493. The van der Waals surface area contributed by atoms with Gasteiger partial charge in [-0.25, -0.2) is 8.42 Å². The van der Waals surface area contributed by atoms with Crippen LogP contribution < -0.4 is 0 Å². The Labute approximate surface area is 135 Å². The van der Waals surface area contributed by atoms with Crippen molar-refractivity contribution in [2.24, 2.45) is 0 Å². The molecule has 1 aliphatic heterocycles. The van der Waals surface area contributed by atoms with E-state index in [0.29, 0.717) is 19.5 Å². The zero-order chi connectivity index (χ0) is 16.3. The van der Waals surface area contributed by atoms with Crippen LogP contribution >= 0.6 is 11.6 Å². The Kier molecular flexibility index (Phi) is 5.44. The third-order valence-electron chi connectivity index (χ3n) is 3.84. The van der Waals surface area contributed by atoms with E-state index < -0.39 is 22.0 Å². The van der Waals surface area contributed by atoms with Crippen molar-refractivity contribution in [3.8, 4) is 0 Å². The summed E-state index contributed by atoms with van der Waals surface area (Å²) in [5.41, 5.74) is 0. The molecule has 1 atom stereocenters. The van der Waals surface area contributed by atoms with Gasteiger partial charge in [-0.1, -0.05) is 30.7 Å². The van der Waals surface area contributed by atoms with Crippen molar-refractivity contribution in [1.82, 2.24) is 9.21 Å². The minimum atomic E-state index is -3.64. The first-order valence-corrected chi connectivity index (χ1v) is 8.91. The van der Waals surface area contributed by atoms with Gasteiger partial charge in [0.05, 0.1) is 5.02 Å². The molecule has 1 heterocycles. The first-order valence-electron chi connectivity index (χ1n) is 7.09. The molecule has 0 amide bonds. The van der Waals surface area contributed by atoms with E-state index in [-0.39, 0.29) is 23.0 Å². The summed E-state index contributed by atoms with van der Waals surface area (Å²) in [7, 11) is -3.64. The van der Waals surface area contributed by atoms with Crippen molar-refractivity contribution in [2.75, 3.05) is 26.2 Å². The smallest absolute Gasteiger partial charge is 0.320 e. The number of carbonyl (C=O) groups is 1. The highest BCUT2D eigenvalue weighted by Crippen LogP contribution is 2.25. The number of rotatable bonds is 5. The van der Waals surface area contributed by atoms with Crippen molar-refractivity contribution >= 4 is 27.6 Å². The summed E-state index contributed by atoms with van der Waals surface area (Å²) < 4.78 is 26.5. The lowest BCUT2D eigenvalue weighted by molar-refractivity contribution is -0.143. The molecule has 2 rings (SSSR count). The van der Waals surface area contributed by atoms with Crippen molar-refractivity contribution in [2.45, 2.75) is 24.3 Å². The van der Waals surface area contributed by atoms with E-state index in [4.69, 9.17) is 11.6 Å². The first kappa shape index (κ1) is 17.2. The van der Waals surface area contributed by atoms with E-state index in [1.807, 2.05) is 6.92 Å². The number of hydrogen-bond donors (Lipinski definition) is 1. The SMILES string of the molecule is CCC(C(=O)O)N1CCN(S(=O)(=O)c2ccccc2Cl)CC1. The van der Waals surface area contributed by atoms with E-state index in [1.54, 1.807) is 23.1 Å². The molecule has 1 aromatic rings. The number of carboxylic acid groups (broad SMARTS) is 1. The Balaban J connectivity index is 2.11. The Morgan fingerprint density at radius 1 is 1.27 bits per heavy atom. The number of halogens is 1. The highest BCUT2D eigenvalue weighted by Gasteiger charge is 2.33. The molecule has 0 bridgehead atoms. The minimum Gasteiger partial charge on any atom is -0.480 e. The summed E-state index contributed by atoms with van der Waals surface area (Å²) >= 11 is 5.98. The van der Waals surface area contributed by atoms with Gasteiger partial charge in [0.15, 0.2) is 0 Å². The Hall–Kier alpha value is -1.15. The average Bonchev–Trinajstić information content (AvgIpc) is 2.48. The van der Waals surface area contributed by atoms with Crippen LogP contribution in [0.4, 0.5) is 0 Å². The van der Waals surface area contributed by atoms with Crippen molar-refractivity contribution in [3.63, 3.8) is 0 Å². The minimum absolute atomic E-state index is 0.0930. The molecule has 8 heteroatoms. The molecular weight excluding hydrogens is 328 g/mol. The van der Waals surface area contributed by atoms with E-state index in [2.05, 4.69) is 0 Å². The molecule has 1 fully saturated rings. The maximum atomic E-state index is 12.6. The molecule has 6 nitrogen and oxygen atoms in total. The summed E-state index contributed by atoms with van der Waals surface area (Å²) in [4.78, 5) is 13.1. The molecule has 0 aromatic heterocycles. The highest BCUT2D eigenvalue weighted by molar-refractivity contribution is 7.89. The summed E-state index contributed by atoms with van der Waals surface area (Å²) in [6.45, 7) is 3.13. The van der Waals surface area contributed by atoms with Gasteiger partial charge in [0.25, 0.3) is 0 Å². The molecule has 1 aliphatic rings. The van der Waals surface area contributed by atoms with Gasteiger partial charge >= 0.3 is 5.97 Å². The van der Waals surface area contributed by atoms with Crippen LogP contribution in [-0.2, 0) is 14.8 Å². The first-order chi connectivity index (χ1) is 10.4. The van der Waals surface area contributed by atoms with Crippen LogP contribution in [0.15, 0.2) is 29.2 Å². The maximum Gasteiger partial charge on any atom is 0.320 e. The van der Waals surface area contributed by atoms with Crippen molar-refractivity contribution in [1.29, 1.82) is 0 Å². The van der Waals surface area contributed by atoms with Crippen LogP contribution in [0.5, 0.6) is 0 Å². The lowest BCUT2D eigenvalue weighted by atomic mass is 10.1. The van der Waals surface area contributed by atoms with E-state index in [0.717, 1.165) is 0 Å². The maximum absolute atomic E-state index is 12.6. The molecule has 1 unspecified atom stereocenters. The Bertz CT molecular complexity index is 642. The second-order valence-electron chi connectivity index (χ2n) is 5.13. The quantitative estimate of drug-likeness (QED) is 0.874. The van der Waals surface area contributed by atoms with Gasteiger partial charge in [-0.3, -0.25) is 9.69 Å². The molecule has 0 saturated carbocycles. The molecule has 0 spiro atoms. The third kappa shape index (κ3) is 3.43. The molecule has 1 N–H and O–H groups in total. The second-order valence-corrected chi connectivity index (χ2v) is 7.45. The standard InChI is InChI=1S/C14H19ClN2O4S/c1-2-12(14(18)19)16-7-9-17(10-8-16)22(20,21)13-6-4-3-5-11(13)15/h3-6,12H,2,7-10H2,1H3,(H,18,19). The normalized spacial score (nSPS) is 19.0. The van der Waals surface area contributed by atoms with Crippen LogP contribution in [0.1, 0.15) is 13.3 Å². The molecule has 1 saturated heterocycles. The predicted octanol–water partition coefficient (Wildman–Crippen LogP) is 1.51. The fourth-order valence-corrected chi connectivity index (χ4v) is 4.55. The highest BCUT2D eigenvalue weighted by atomic mass is 35.5. The lowest BCUT2D eigenvalue weighted by Gasteiger charge is -2.36. The molecule has 0 aliphatic carbocycles. The van der Waals surface area contributed by atoms with Crippen LogP contribution in [0.25, 0.3) is 0 Å². The fourth-order valence-electron chi connectivity index (χ4n) is 2.64. The monoisotopic (exact) mass is 346 g/mol. The number of aliphatic carboxylic acids is 1. The van der Waals surface area contributed by atoms with Gasteiger partial charge in [-0.05, 0) is 18.6 Å². The van der Waals surface area contributed by atoms with Gasteiger partial charge in [0.2, 0.25) is 10.0 Å². The van der Waals surface area contributed by atoms with Gasteiger partial charge < -0.3 is 5.11 Å². The van der Waals surface area contributed by atoms with Crippen LogP contribution in [-0.4, -0.2) is 60.9 Å². The largest absolute Gasteiger partial charge is 0.480 e. The second kappa shape index (κ2) is 6.95. The number of hydrogen-bond acceptors (Lipinski definition) is 4. The van der Waals surface area contributed by atoms with E-state index in [9.17, 15) is 18.3 Å². The van der Waals surface area contributed by atoms with Crippen LogP contribution in [0.2, 0.25) is 5.02 Å². The molecule has 0 radical (unpaired) electrons.